The number of amides is 1. The van der Waals surface area contributed by atoms with Gasteiger partial charge in [-0.2, -0.15) is 0 Å². The van der Waals surface area contributed by atoms with E-state index in [0.717, 1.165) is 17.7 Å². The molecule has 7 nitrogen and oxygen atoms in total. The highest BCUT2D eigenvalue weighted by atomic mass is 32.2. The summed E-state index contributed by atoms with van der Waals surface area (Å²) in [5.41, 5.74) is 0.949. The second kappa shape index (κ2) is 7.59. The van der Waals surface area contributed by atoms with E-state index in [9.17, 15) is 13.2 Å². The van der Waals surface area contributed by atoms with Gasteiger partial charge in [0.2, 0.25) is 15.9 Å². The molecule has 160 valence electrons. The summed E-state index contributed by atoms with van der Waals surface area (Å²) in [4.78, 5) is 13.8. The van der Waals surface area contributed by atoms with Crippen molar-refractivity contribution in [1.29, 1.82) is 0 Å². The summed E-state index contributed by atoms with van der Waals surface area (Å²) in [6.07, 6.45) is 1.83. The highest BCUT2D eigenvalue weighted by Crippen LogP contribution is 2.41. The number of carbonyl (C=O) groups is 1. The molecule has 30 heavy (non-hydrogen) atoms. The molecular formula is C22H26N2O5S. The first-order chi connectivity index (χ1) is 14.2. The molecule has 8 heteroatoms. The van der Waals surface area contributed by atoms with E-state index in [1.165, 1.54) is 0 Å². The quantitative estimate of drug-likeness (QED) is 0.786. The number of sulfonamides is 1. The summed E-state index contributed by atoms with van der Waals surface area (Å²) in [7, 11) is -2.21. The van der Waals surface area contributed by atoms with Crippen LogP contribution in [0.25, 0.3) is 0 Å². The molecule has 1 N–H and O–H groups in total. The number of hydrogen-bond donors (Lipinski definition) is 1. The maximum Gasteiger partial charge on any atom is 0.241 e. The van der Waals surface area contributed by atoms with Crippen molar-refractivity contribution in [2.75, 3.05) is 18.6 Å². The largest absolute Gasteiger partial charge is 0.497 e. The van der Waals surface area contributed by atoms with Gasteiger partial charge < -0.3 is 14.4 Å². The zero-order valence-corrected chi connectivity index (χ0v) is 18.2. The lowest BCUT2D eigenvalue weighted by atomic mass is 9.90. The van der Waals surface area contributed by atoms with Gasteiger partial charge in [0.1, 0.15) is 17.1 Å². The fourth-order valence-electron chi connectivity index (χ4n) is 4.05. The Hall–Kier alpha value is -2.58. The molecule has 2 aliphatic heterocycles. The first-order valence-electron chi connectivity index (χ1n) is 9.98. The molecule has 1 amide bonds. The standard InChI is InChI=1S/C22H26N2O5S/c1-22(2)14-19(18-13-16(28-3)8-11-20(18)29-22)23-30(26,27)17-9-6-15(7-10-17)24-12-4-5-21(24)25/h6-11,13,19,23H,4-5,12,14H2,1-3H3/t19-/m1/s1. The first kappa shape index (κ1) is 20.7. The Bertz CT molecular complexity index is 1060. The van der Waals surface area contributed by atoms with Crippen molar-refractivity contribution in [3.63, 3.8) is 0 Å². The predicted molar refractivity (Wildman–Crippen MR) is 113 cm³/mol. The number of fused-ring (bicyclic) bond motifs is 1. The van der Waals surface area contributed by atoms with Crippen LogP contribution in [0.1, 0.15) is 44.7 Å². The molecule has 0 spiro atoms. The molecule has 2 heterocycles. The molecule has 4 rings (SSSR count). The van der Waals surface area contributed by atoms with Gasteiger partial charge in [0.05, 0.1) is 18.0 Å². The van der Waals surface area contributed by atoms with Crippen LogP contribution in [0.2, 0.25) is 0 Å². The van der Waals surface area contributed by atoms with Crippen molar-refractivity contribution >= 4 is 21.6 Å². The summed E-state index contributed by atoms with van der Waals surface area (Å²) in [5.74, 6) is 1.35. The molecule has 1 atom stereocenters. The lowest BCUT2D eigenvalue weighted by molar-refractivity contribution is -0.117. The van der Waals surface area contributed by atoms with Crippen molar-refractivity contribution in [3.05, 3.63) is 48.0 Å². The van der Waals surface area contributed by atoms with Crippen LogP contribution in [0.4, 0.5) is 5.69 Å². The third kappa shape index (κ3) is 4.02. The van der Waals surface area contributed by atoms with E-state index in [0.29, 0.717) is 30.9 Å². The van der Waals surface area contributed by atoms with Gasteiger partial charge in [-0.05, 0) is 62.7 Å². The van der Waals surface area contributed by atoms with Crippen LogP contribution >= 0.6 is 0 Å². The van der Waals surface area contributed by atoms with Crippen LogP contribution in [0.5, 0.6) is 11.5 Å². The van der Waals surface area contributed by atoms with Gasteiger partial charge in [-0.3, -0.25) is 4.79 Å². The highest BCUT2D eigenvalue weighted by Gasteiger charge is 2.36. The van der Waals surface area contributed by atoms with Crippen LogP contribution in [-0.4, -0.2) is 33.6 Å². The minimum atomic E-state index is -3.78. The van der Waals surface area contributed by atoms with Gasteiger partial charge in [-0.15, -0.1) is 0 Å². The smallest absolute Gasteiger partial charge is 0.241 e. The summed E-state index contributed by atoms with van der Waals surface area (Å²) >= 11 is 0. The molecule has 2 aliphatic rings. The van der Waals surface area contributed by atoms with Gasteiger partial charge in [-0.25, -0.2) is 13.1 Å². The summed E-state index contributed by atoms with van der Waals surface area (Å²) in [6.45, 7) is 4.53. The lowest BCUT2D eigenvalue weighted by Crippen LogP contribution is -2.41. The van der Waals surface area contributed by atoms with E-state index < -0.39 is 21.7 Å². The molecule has 0 aliphatic carbocycles. The van der Waals surface area contributed by atoms with Gasteiger partial charge in [0.15, 0.2) is 0 Å². The molecule has 2 aromatic rings. The maximum absolute atomic E-state index is 13.1. The number of methoxy groups -OCH3 is 1. The Morgan fingerprint density at radius 1 is 1.17 bits per heavy atom. The highest BCUT2D eigenvalue weighted by molar-refractivity contribution is 7.89. The SMILES string of the molecule is COc1ccc2c(c1)[C@H](NS(=O)(=O)c1ccc(N3CCCC3=O)cc1)CC(C)(C)O2. The van der Waals surface area contributed by atoms with Crippen LogP contribution < -0.4 is 19.1 Å². The van der Waals surface area contributed by atoms with Crippen molar-refractivity contribution in [2.45, 2.75) is 49.6 Å². The Morgan fingerprint density at radius 3 is 2.53 bits per heavy atom. The van der Waals surface area contributed by atoms with Crippen LogP contribution in [0.3, 0.4) is 0 Å². The molecular weight excluding hydrogens is 404 g/mol. The Balaban J connectivity index is 1.61. The fraction of sp³-hybridized carbons (Fsp3) is 0.409. The van der Waals surface area contributed by atoms with E-state index in [-0.39, 0.29) is 10.8 Å². The van der Waals surface area contributed by atoms with Crippen LogP contribution in [0, 0.1) is 0 Å². The number of carbonyl (C=O) groups excluding carboxylic acids is 1. The molecule has 1 fully saturated rings. The molecule has 1 saturated heterocycles. The molecule has 0 aromatic heterocycles. The molecule has 0 bridgehead atoms. The number of anilines is 1. The van der Waals surface area contributed by atoms with Gasteiger partial charge in [-0.1, -0.05) is 0 Å². The van der Waals surface area contributed by atoms with Crippen LogP contribution in [0.15, 0.2) is 47.4 Å². The molecule has 0 saturated carbocycles. The van der Waals surface area contributed by atoms with E-state index in [1.54, 1.807) is 54.5 Å². The van der Waals surface area contributed by atoms with Crippen LogP contribution in [-0.2, 0) is 14.8 Å². The number of nitrogens with zero attached hydrogens (tertiary/aromatic N) is 1. The van der Waals surface area contributed by atoms with Gasteiger partial charge >= 0.3 is 0 Å². The van der Waals surface area contributed by atoms with Crippen molar-refractivity contribution in [1.82, 2.24) is 4.72 Å². The zero-order chi connectivity index (χ0) is 21.5. The lowest BCUT2D eigenvalue weighted by Gasteiger charge is -2.37. The van der Waals surface area contributed by atoms with Crippen molar-refractivity contribution < 1.29 is 22.7 Å². The number of rotatable bonds is 5. The molecule has 2 aromatic carbocycles. The van der Waals surface area contributed by atoms with Gasteiger partial charge in [0.25, 0.3) is 0 Å². The van der Waals surface area contributed by atoms with Gasteiger partial charge in [0, 0.05) is 30.6 Å². The first-order valence-corrected chi connectivity index (χ1v) is 11.5. The Morgan fingerprint density at radius 2 is 1.90 bits per heavy atom. The average molecular weight is 431 g/mol. The number of hydrogen-bond acceptors (Lipinski definition) is 5. The second-order valence-corrected chi connectivity index (χ2v) is 10.0. The second-order valence-electron chi connectivity index (χ2n) is 8.29. The van der Waals surface area contributed by atoms with E-state index in [4.69, 9.17) is 9.47 Å². The summed E-state index contributed by atoms with van der Waals surface area (Å²) < 4.78 is 40.4. The maximum atomic E-state index is 13.1. The summed E-state index contributed by atoms with van der Waals surface area (Å²) in [5, 5.41) is 0. The summed E-state index contributed by atoms with van der Waals surface area (Å²) in [6, 6.07) is 11.4. The Kier molecular flexibility index (Phi) is 5.23. The topological polar surface area (TPSA) is 84.9 Å². The zero-order valence-electron chi connectivity index (χ0n) is 17.3. The van der Waals surface area contributed by atoms with E-state index >= 15 is 0 Å². The minimum Gasteiger partial charge on any atom is -0.497 e. The fourth-order valence-corrected chi connectivity index (χ4v) is 5.26. The Labute approximate surface area is 177 Å². The minimum absolute atomic E-state index is 0.0683. The average Bonchev–Trinajstić information content (AvgIpc) is 3.12. The van der Waals surface area contributed by atoms with E-state index in [1.807, 2.05) is 13.8 Å². The number of ether oxygens (including phenoxy) is 2. The van der Waals surface area contributed by atoms with E-state index in [2.05, 4.69) is 4.72 Å². The normalized spacial score (nSPS) is 20.6. The van der Waals surface area contributed by atoms with Crippen molar-refractivity contribution in [2.24, 2.45) is 0 Å². The molecule has 0 radical (unpaired) electrons. The molecule has 0 unspecified atom stereocenters. The van der Waals surface area contributed by atoms with Crippen molar-refractivity contribution in [3.8, 4) is 11.5 Å². The third-order valence-electron chi connectivity index (χ3n) is 5.50. The third-order valence-corrected chi connectivity index (χ3v) is 6.99. The monoisotopic (exact) mass is 430 g/mol. The number of nitrogens with one attached hydrogen (secondary N) is 1. The predicted octanol–water partition coefficient (Wildman–Crippen LogP) is 3.40. The number of benzene rings is 2.